The fraction of sp³-hybridized carbons (Fsp3) is 0.167. The van der Waals surface area contributed by atoms with Crippen LogP contribution in [0.5, 0.6) is 0 Å². The summed E-state index contributed by atoms with van der Waals surface area (Å²) in [4.78, 5) is 13.3. The van der Waals surface area contributed by atoms with E-state index in [1.807, 2.05) is 0 Å². The van der Waals surface area contributed by atoms with Gasteiger partial charge in [-0.05, 0) is 22.8 Å². The van der Waals surface area contributed by atoms with Crippen LogP contribution in [0.25, 0.3) is 10.4 Å². The summed E-state index contributed by atoms with van der Waals surface area (Å²) in [6, 6.07) is 3.30. The topological polar surface area (TPSA) is 70.8 Å². The van der Waals surface area contributed by atoms with Crippen LogP contribution in [-0.2, 0) is 7.05 Å². The maximum absolute atomic E-state index is 10.9. The Hall–Kier alpha value is -1.74. The van der Waals surface area contributed by atoms with Gasteiger partial charge in [0.15, 0.2) is 0 Å². The summed E-state index contributed by atoms with van der Waals surface area (Å²) < 4.78 is 1.59. The fourth-order valence-corrected chi connectivity index (χ4v) is 0.775. The van der Waals surface area contributed by atoms with Gasteiger partial charge in [-0.1, -0.05) is 0 Å². The zero-order valence-electron chi connectivity index (χ0n) is 5.93. The molecule has 5 heteroatoms. The van der Waals surface area contributed by atoms with Gasteiger partial charge < -0.3 is 4.57 Å². The molecule has 11 heavy (non-hydrogen) atoms. The largest absolute Gasteiger partial charge is 0.348 e. The quantitative estimate of drug-likeness (QED) is 0.339. The van der Waals surface area contributed by atoms with E-state index >= 15 is 0 Å². The summed E-state index contributed by atoms with van der Waals surface area (Å²) in [6.45, 7) is 0. The van der Waals surface area contributed by atoms with E-state index < -0.39 is 5.91 Å². The number of aromatic nitrogens is 1. The molecule has 0 saturated carbocycles. The molecule has 56 valence electrons. The molecule has 0 unspecified atom stereocenters. The molecule has 1 rings (SSSR count). The van der Waals surface area contributed by atoms with Gasteiger partial charge in [0.1, 0.15) is 0 Å². The van der Waals surface area contributed by atoms with Crippen LogP contribution in [-0.4, -0.2) is 10.5 Å². The Morgan fingerprint density at radius 1 is 1.82 bits per heavy atom. The SMILES string of the molecule is Cn1cccc1C(=O)N=[N+]=[N-]. The lowest BCUT2D eigenvalue weighted by atomic mass is 10.4. The molecule has 0 atom stereocenters. The highest BCUT2D eigenvalue weighted by Crippen LogP contribution is 2.01. The van der Waals surface area contributed by atoms with Crippen LogP contribution in [0, 0.1) is 0 Å². The average molecular weight is 150 g/mol. The number of hydrogen-bond donors (Lipinski definition) is 0. The maximum Gasteiger partial charge on any atom is 0.265 e. The monoisotopic (exact) mass is 150 g/mol. The molecule has 0 saturated heterocycles. The van der Waals surface area contributed by atoms with E-state index in [2.05, 4.69) is 10.0 Å². The lowest BCUT2D eigenvalue weighted by molar-refractivity contribution is 0.0992. The molecule has 1 aromatic rings. The highest BCUT2D eigenvalue weighted by Gasteiger charge is 2.04. The maximum atomic E-state index is 10.9. The van der Waals surface area contributed by atoms with Gasteiger partial charge in [-0.15, -0.1) is 0 Å². The third kappa shape index (κ3) is 1.39. The molecule has 1 aromatic heterocycles. The van der Waals surface area contributed by atoms with E-state index in [0.717, 1.165) is 0 Å². The van der Waals surface area contributed by atoms with Crippen molar-refractivity contribution in [2.24, 2.45) is 12.2 Å². The van der Waals surface area contributed by atoms with Gasteiger partial charge in [0, 0.05) is 18.2 Å². The number of aryl methyl sites for hydroxylation is 1. The van der Waals surface area contributed by atoms with Crippen molar-refractivity contribution in [3.8, 4) is 0 Å². The zero-order valence-corrected chi connectivity index (χ0v) is 5.93. The van der Waals surface area contributed by atoms with E-state index in [4.69, 9.17) is 5.53 Å². The number of amides is 1. The van der Waals surface area contributed by atoms with Crippen LogP contribution < -0.4 is 0 Å². The first-order valence-corrected chi connectivity index (χ1v) is 2.96. The van der Waals surface area contributed by atoms with E-state index in [0.29, 0.717) is 5.69 Å². The second-order valence-corrected chi connectivity index (χ2v) is 2.00. The molecular weight excluding hydrogens is 144 g/mol. The summed E-state index contributed by atoms with van der Waals surface area (Å²) in [5, 5.41) is 2.95. The van der Waals surface area contributed by atoms with Crippen molar-refractivity contribution >= 4 is 5.91 Å². The molecule has 1 heterocycles. The van der Waals surface area contributed by atoms with Gasteiger partial charge in [-0.3, -0.25) is 4.79 Å². The van der Waals surface area contributed by atoms with E-state index in [9.17, 15) is 4.79 Å². The molecule has 5 nitrogen and oxygen atoms in total. The summed E-state index contributed by atoms with van der Waals surface area (Å²) in [5.41, 5.74) is 8.35. The molecule has 0 spiro atoms. The van der Waals surface area contributed by atoms with Crippen LogP contribution >= 0.6 is 0 Å². The van der Waals surface area contributed by atoms with Gasteiger partial charge >= 0.3 is 0 Å². The second-order valence-electron chi connectivity index (χ2n) is 2.00. The lowest BCUT2D eigenvalue weighted by Gasteiger charge is -1.94. The molecule has 0 radical (unpaired) electrons. The van der Waals surface area contributed by atoms with E-state index in [1.54, 1.807) is 29.9 Å². The van der Waals surface area contributed by atoms with E-state index in [1.165, 1.54) is 0 Å². The summed E-state index contributed by atoms with van der Waals surface area (Å²) in [6.07, 6.45) is 1.71. The van der Waals surface area contributed by atoms with Gasteiger partial charge in [-0.2, -0.15) is 0 Å². The number of hydrogen-bond acceptors (Lipinski definition) is 1. The molecule has 0 aliphatic carbocycles. The third-order valence-corrected chi connectivity index (χ3v) is 1.30. The molecule has 0 N–H and O–H groups in total. The number of nitrogens with zero attached hydrogens (tertiary/aromatic N) is 4. The average Bonchev–Trinajstić information content (AvgIpc) is 2.36. The number of carbonyl (C=O) groups is 1. The standard InChI is InChI=1S/C6H6N4O/c1-10-4-2-3-5(10)6(11)8-9-7/h2-4H,1H3. The van der Waals surface area contributed by atoms with Gasteiger partial charge in [0.2, 0.25) is 0 Å². The smallest absolute Gasteiger partial charge is 0.265 e. The highest BCUT2D eigenvalue weighted by atomic mass is 16.1. The number of carbonyl (C=O) groups excluding carboxylic acids is 1. The molecule has 0 aliphatic heterocycles. The minimum Gasteiger partial charge on any atom is -0.348 e. The Balaban J connectivity index is 3.02. The first-order chi connectivity index (χ1) is 5.25. The first-order valence-electron chi connectivity index (χ1n) is 2.96. The summed E-state index contributed by atoms with van der Waals surface area (Å²) in [7, 11) is 1.71. The molecule has 0 aliphatic rings. The van der Waals surface area contributed by atoms with E-state index in [-0.39, 0.29) is 0 Å². The minimum atomic E-state index is -0.556. The van der Waals surface area contributed by atoms with Crippen LogP contribution in [0.2, 0.25) is 0 Å². The van der Waals surface area contributed by atoms with Crippen molar-refractivity contribution in [2.75, 3.05) is 0 Å². The fourth-order valence-electron chi connectivity index (χ4n) is 0.775. The number of rotatable bonds is 1. The summed E-state index contributed by atoms with van der Waals surface area (Å²) >= 11 is 0. The van der Waals surface area contributed by atoms with Gasteiger partial charge in [0.05, 0.1) is 5.69 Å². The predicted molar refractivity (Wildman–Crippen MR) is 38.9 cm³/mol. The van der Waals surface area contributed by atoms with Crippen molar-refractivity contribution in [3.63, 3.8) is 0 Å². The minimum absolute atomic E-state index is 0.391. The summed E-state index contributed by atoms with van der Waals surface area (Å²) in [5.74, 6) is -0.556. The van der Waals surface area contributed by atoms with Crippen LogP contribution in [0.15, 0.2) is 23.4 Å². The van der Waals surface area contributed by atoms with Crippen LogP contribution in [0.3, 0.4) is 0 Å². The van der Waals surface area contributed by atoms with Crippen LogP contribution in [0.4, 0.5) is 0 Å². The molecule has 1 amide bonds. The molecule has 0 bridgehead atoms. The predicted octanol–water partition coefficient (Wildman–Crippen LogP) is 1.48. The Morgan fingerprint density at radius 3 is 3.00 bits per heavy atom. The Labute approximate surface area is 62.9 Å². The van der Waals surface area contributed by atoms with Crippen molar-refractivity contribution in [3.05, 3.63) is 34.5 Å². The molecule has 0 aromatic carbocycles. The van der Waals surface area contributed by atoms with Crippen molar-refractivity contribution < 1.29 is 4.79 Å². The van der Waals surface area contributed by atoms with Crippen molar-refractivity contribution in [1.29, 1.82) is 0 Å². The van der Waals surface area contributed by atoms with Crippen LogP contribution in [0.1, 0.15) is 10.5 Å². The van der Waals surface area contributed by atoms with Crippen molar-refractivity contribution in [2.45, 2.75) is 0 Å². The zero-order chi connectivity index (χ0) is 8.27. The van der Waals surface area contributed by atoms with Gasteiger partial charge in [-0.25, -0.2) is 0 Å². The Kier molecular flexibility index (Phi) is 1.94. The molecular formula is C6H6N4O. The normalized spacial score (nSPS) is 8.82. The second kappa shape index (κ2) is 2.90. The first kappa shape index (κ1) is 7.37. The highest BCUT2D eigenvalue weighted by molar-refractivity contribution is 5.93. The van der Waals surface area contributed by atoms with Crippen molar-refractivity contribution in [1.82, 2.24) is 4.57 Å². The Bertz CT molecular complexity index is 321. The lowest BCUT2D eigenvalue weighted by Crippen LogP contribution is -2.00. The third-order valence-electron chi connectivity index (χ3n) is 1.30. The Morgan fingerprint density at radius 2 is 2.55 bits per heavy atom. The van der Waals surface area contributed by atoms with Gasteiger partial charge in [0.25, 0.3) is 5.91 Å². The number of azide groups is 1. The molecule has 0 fully saturated rings.